The molecule has 4 saturated heterocycles. The van der Waals surface area contributed by atoms with Crippen molar-refractivity contribution in [2.24, 2.45) is 11.3 Å². The monoisotopic (exact) mass is 480 g/mol. The van der Waals surface area contributed by atoms with Gasteiger partial charge in [0.25, 0.3) is 0 Å². The molecule has 4 heterocycles. The highest BCUT2D eigenvalue weighted by atomic mass is 16.3. The van der Waals surface area contributed by atoms with E-state index in [1.807, 2.05) is 0 Å². The first-order valence-corrected chi connectivity index (χ1v) is 14.8. The number of benzene rings is 1. The first-order chi connectivity index (χ1) is 17.0. The highest BCUT2D eigenvalue weighted by Gasteiger charge is 2.48. The largest absolute Gasteiger partial charge is 0.373 e. The average Bonchev–Trinajstić information content (AvgIpc) is 3.66. The zero-order valence-corrected chi connectivity index (χ0v) is 22.3. The Morgan fingerprint density at radius 3 is 2.40 bits per heavy atom. The number of nitrogens with zero attached hydrogens (tertiary/aromatic N) is 4. The summed E-state index contributed by atoms with van der Waals surface area (Å²) >= 11 is 0. The molecule has 194 valence electrons. The van der Waals surface area contributed by atoms with Crippen molar-refractivity contribution >= 4 is 11.4 Å². The third-order valence-electron chi connectivity index (χ3n) is 10.6. The fraction of sp³-hybridized carbons (Fsp3) is 0.800. The van der Waals surface area contributed by atoms with Crippen LogP contribution in [0.15, 0.2) is 18.2 Å². The lowest BCUT2D eigenvalue weighted by molar-refractivity contribution is -0.00237. The van der Waals surface area contributed by atoms with Gasteiger partial charge in [0, 0.05) is 55.1 Å². The predicted octanol–water partition coefficient (Wildman–Crippen LogP) is 4.86. The molecule has 1 saturated carbocycles. The summed E-state index contributed by atoms with van der Waals surface area (Å²) in [6.07, 6.45) is 12.8. The van der Waals surface area contributed by atoms with Crippen LogP contribution >= 0.6 is 0 Å². The SMILES string of the molecule is Cc1cc(N2CCC(N3CCC[C@@H]3C)C2)ccc1N1CCC2(CCN(CC3CCCC3)CC2)C1O. The topological polar surface area (TPSA) is 33.2 Å². The number of aliphatic hydroxyl groups excluding tert-OH is 1. The second kappa shape index (κ2) is 9.87. The van der Waals surface area contributed by atoms with Crippen LogP contribution in [0.25, 0.3) is 0 Å². The van der Waals surface area contributed by atoms with E-state index in [4.69, 9.17) is 0 Å². The molecule has 0 bridgehead atoms. The van der Waals surface area contributed by atoms with Crippen LogP contribution < -0.4 is 9.80 Å². The lowest BCUT2D eigenvalue weighted by Crippen LogP contribution is -2.48. The fourth-order valence-corrected chi connectivity index (χ4v) is 8.33. The normalized spacial score (nSPS) is 32.5. The van der Waals surface area contributed by atoms with Gasteiger partial charge in [-0.25, -0.2) is 0 Å². The van der Waals surface area contributed by atoms with Gasteiger partial charge in [0.1, 0.15) is 6.23 Å². The van der Waals surface area contributed by atoms with Gasteiger partial charge in [0.15, 0.2) is 0 Å². The van der Waals surface area contributed by atoms with Gasteiger partial charge in [-0.1, -0.05) is 12.8 Å². The molecule has 1 aromatic rings. The standard InChI is InChI=1S/C30H48N4O/c1-23-20-26(32-16-11-27(22-32)33-15-5-6-24(33)2)9-10-28(23)34-19-14-30(29(34)35)12-17-31(18-13-30)21-25-7-3-4-8-25/h9-10,20,24-25,27,29,35H,3-8,11-19,21-22H2,1-2H3/t24-,27?,29?/m0/s1. The molecule has 4 aliphatic heterocycles. The fourth-order valence-electron chi connectivity index (χ4n) is 8.33. The van der Waals surface area contributed by atoms with E-state index in [0.29, 0.717) is 6.04 Å². The summed E-state index contributed by atoms with van der Waals surface area (Å²) in [6.45, 7) is 12.9. The van der Waals surface area contributed by atoms with Crippen LogP contribution in [0.3, 0.4) is 0 Å². The number of rotatable bonds is 5. The van der Waals surface area contributed by atoms with Gasteiger partial charge in [0.05, 0.1) is 0 Å². The van der Waals surface area contributed by atoms with Gasteiger partial charge in [0.2, 0.25) is 0 Å². The molecule has 1 spiro atoms. The second-order valence-corrected chi connectivity index (χ2v) is 12.7. The Hall–Kier alpha value is -1.30. The van der Waals surface area contributed by atoms with Crippen LogP contribution in [0.2, 0.25) is 0 Å². The molecule has 1 aromatic carbocycles. The van der Waals surface area contributed by atoms with Crippen LogP contribution in [0.4, 0.5) is 11.4 Å². The molecule has 5 aliphatic rings. The molecule has 2 unspecified atom stereocenters. The molecule has 5 fully saturated rings. The van der Waals surface area contributed by atoms with Crippen molar-refractivity contribution in [2.75, 3.05) is 55.6 Å². The summed E-state index contributed by atoms with van der Waals surface area (Å²) < 4.78 is 0. The average molecular weight is 481 g/mol. The molecule has 5 heteroatoms. The van der Waals surface area contributed by atoms with Crippen molar-refractivity contribution in [2.45, 2.75) is 96.4 Å². The molecule has 0 radical (unpaired) electrons. The highest BCUT2D eigenvalue weighted by molar-refractivity contribution is 5.63. The second-order valence-electron chi connectivity index (χ2n) is 12.7. The number of anilines is 2. The smallest absolute Gasteiger partial charge is 0.132 e. The molecule has 0 amide bonds. The Morgan fingerprint density at radius 1 is 0.914 bits per heavy atom. The van der Waals surface area contributed by atoms with Crippen molar-refractivity contribution in [1.29, 1.82) is 0 Å². The summed E-state index contributed by atoms with van der Waals surface area (Å²) in [7, 11) is 0. The van der Waals surface area contributed by atoms with Gasteiger partial charge in [-0.2, -0.15) is 0 Å². The van der Waals surface area contributed by atoms with E-state index in [-0.39, 0.29) is 11.6 Å². The van der Waals surface area contributed by atoms with E-state index in [1.165, 1.54) is 94.6 Å². The van der Waals surface area contributed by atoms with Gasteiger partial charge in [-0.05, 0) is 115 Å². The minimum atomic E-state index is -0.339. The van der Waals surface area contributed by atoms with E-state index in [2.05, 4.69) is 51.6 Å². The maximum atomic E-state index is 11.6. The van der Waals surface area contributed by atoms with Crippen LogP contribution in [-0.4, -0.2) is 79.0 Å². The zero-order valence-electron chi connectivity index (χ0n) is 22.3. The zero-order chi connectivity index (χ0) is 24.0. The van der Waals surface area contributed by atoms with Crippen molar-refractivity contribution in [3.8, 4) is 0 Å². The molecular weight excluding hydrogens is 432 g/mol. The van der Waals surface area contributed by atoms with E-state index in [9.17, 15) is 5.11 Å². The molecule has 35 heavy (non-hydrogen) atoms. The van der Waals surface area contributed by atoms with Crippen molar-refractivity contribution < 1.29 is 5.11 Å². The van der Waals surface area contributed by atoms with E-state index in [1.54, 1.807) is 0 Å². The Morgan fingerprint density at radius 2 is 1.69 bits per heavy atom. The first-order valence-electron chi connectivity index (χ1n) is 14.8. The summed E-state index contributed by atoms with van der Waals surface area (Å²) in [6, 6.07) is 8.47. The molecule has 3 atom stereocenters. The Labute approximate surface area is 213 Å². The first kappa shape index (κ1) is 24.1. The van der Waals surface area contributed by atoms with Crippen LogP contribution in [0.1, 0.15) is 76.7 Å². The number of piperidine rings is 1. The van der Waals surface area contributed by atoms with Gasteiger partial charge in [-0.15, -0.1) is 0 Å². The number of aliphatic hydroxyl groups is 1. The van der Waals surface area contributed by atoms with Crippen molar-refractivity contribution in [3.05, 3.63) is 23.8 Å². The summed E-state index contributed by atoms with van der Waals surface area (Å²) in [5.74, 6) is 0.930. The van der Waals surface area contributed by atoms with E-state index < -0.39 is 0 Å². The van der Waals surface area contributed by atoms with E-state index in [0.717, 1.165) is 44.3 Å². The summed E-state index contributed by atoms with van der Waals surface area (Å²) in [4.78, 5) is 10.4. The molecule has 5 nitrogen and oxygen atoms in total. The minimum absolute atomic E-state index is 0.0892. The number of hydrogen-bond donors (Lipinski definition) is 1. The summed E-state index contributed by atoms with van der Waals surface area (Å²) in [5, 5.41) is 11.6. The lowest BCUT2D eigenvalue weighted by Gasteiger charge is -2.43. The van der Waals surface area contributed by atoms with E-state index >= 15 is 0 Å². The van der Waals surface area contributed by atoms with Crippen LogP contribution in [-0.2, 0) is 0 Å². The maximum absolute atomic E-state index is 11.6. The predicted molar refractivity (Wildman–Crippen MR) is 145 cm³/mol. The Bertz CT molecular complexity index is 875. The number of hydrogen-bond acceptors (Lipinski definition) is 5. The molecular formula is C30H48N4O. The lowest BCUT2D eigenvalue weighted by atomic mass is 9.76. The Kier molecular flexibility index (Phi) is 6.79. The highest BCUT2D eigenvalue weighted by Crippen LogP contribution is 2.47. The van der Waals surface area contributed by atoms with Crippen molar-refractivity contribution in [3.63, 3.8) is 0 Å². The molecule has 1 aliphatic carbocycles. The third kappa shape index (κ3) is 4.62. The van der Waals surface area contributed by atoms with Crippen molar-refractivity contribution in [1.82, 2.24) is 9.80 Å². The number of aryl methyl sites for hydroxylation is 1. The molecule has 0 aromatic heterocycles. The summed E-state index contributed by atoms with van der Waals surface area (Å²) in [5.41, 5.74) is 4.02. The molecule has 6 rings (SSSR count). The quantitative estimate of drug-likeness (QED) is 0.651. The third-order valence-corrected chi connectivity index (χ3v) is 10.6. The molecule has 1 N–H and O–H groups in total. The van der Waals surface area contributed by atoms with Gasteiger partial charge >= 0.3 is 0 Å². The number of likely N-dealkylation sites (tertiary alicyclic amines) is 2. The Balaban J connectivity index is 1.08. The van der Waals surface area contributed by atoms with Gasteiger partial charge in [-0.3, -0.25) is 4.90 Å². The maximum Gasteiger partial charge on any atom is 0.132 e. The van der Waals surface area contributed by atoms with Crippen LogP contribution in [0, 0.1) is 18.3 Å². The van der Waals surface area contributed by atoms with Crippen LogP contribution in [0.5, 0.6) is 0 Å². The minimum Gasteiger partial charge on any atom is -0.373 e. The van der Waals surface area contributed by atoms with Gasteiger partial charge < -0.3 is 19.8 Å².